The van der Waals surface area contributed by atoms with Gasteiger partial charge in [0.05, 0.1) is 12.3 Å². The Morgan fingerprint density at radius 1 is 1.25 bits per heavy atom. The first kappa shape index (κ1) is 15.2. The summed E-state index contributed by atoms with van der Waals surface area (Å²) in [6, 6.07) is 3.86. The molecule has 0 unspecified atom stereocenters. The van der Waals surface area contributed by atoms with Crippen LogP contribution < -0.4 is 10.1 Å². The van der Waals surface area contributed by atoms with Gasteiger partial charge in [-0.05, 0) is 45.6 Å². The third-order valence-corrected chi connectivity index (χ3v) is 3.30. The molecule has 5 heteroatoms. The van der Waals surface area contributed by atoms with E-state index in [1.807, 2.05) is 12.1 Å². The van der Waals surface area contributed by atoms with Crippen LogP contribution in [-0.4, -0.2) is 35.6 Å². The molecule has 2 rings (SSSR count). The summed E-state index contributed by atoms with van der Waals surface area (Å²) < 4.78 is 11.0. The Morgan fingerprint density at radius 2 is 2.00 bits per heavy atom. The van der Waals surface area contributed by atoms with Crippen molar-refractivity contribution in [2.24, 2.45) is 5.92 Å². The van der Waals surface area contributed by atoms with Crippen LogP contribution >= 0.6 is 0 Å². The summed E-state index contributed by atoms with van der Waals surface area (Å²) in [5.41, 5.74) is 1.01. The summed E-state index contributed by atoms with van der Waals surface area (Å²) in [6.45, 7) is 9.51. The molecule has 0 amide bonds. The summed E-state index contributed by atoms with van der Waals surface area (Å²) in [5.74, 6) is 1.18. The van der Waals surface area contributed by atoms with E-state index < -0.39 is 0 Å². The first-order chi connectivity index (χ1) is 9.53. The van der Waals surface area contributed by atoms with Crippen molar-refractivity contribution in [1.82, 2.24) is 15.5 Å². The van der Waals surface area contributed by atoms with Crippen LogP contribution in [-0.2, 0) is 11.3 Å². The second-order valence-electron chi connectivity index (χ2n) is 6.33. The Kier molecular flexibility index (Phi) is 5.31. The van der Waals surface area contributed by atoms with Crippen molar-refractivity contribution in [1.29, 1.82) is 0 Å². The summed E-state index contributed by atoms with van der Waals surface area (Å²) >= 11 is 0. The quantitative estimate of drug-likeness (QED) is 0.895. The standard InChI is InChI=1S/C15H25N3O2/c1-15(2,3)16-10-13-4-5-14(18-17-13)20-11-12-6-8-19-9-7-12/h4-5,12,16H,6-11H2,1-3H3. The molecule has 1 N–H and O–H groups in total. The number of aromatic nitrogens is 2. The molecule has 1 fully saturated rings. The fraction of sp³-hybridized carbons (Fsp3) is 0.733. The van der Waals surface area contributed by atoms with Gasteiger partial charge in [0, 0.05) is 31.4 Å². The average Bonchev–Trinajstić information content (AvgIpc) is 2.44. The highest BCUT2D eigenvalue weighted by atomic mass is 16.5. The van der Waals surface area contributed by atoms with Crippen LogP contribution in [0.4, 0.5) is 0 Å². The minimum atomic E-state index is 0.0832. The second-order valence-corrected chi connectivity index (χ2v) is 6.33. The topological polar surface area (TPSA) is 56.3 Å². The molecule has 1 saturated heterocycles. The normalized spacial score (nSPS) is 17.1. The molecular formula is C15H25N3O2. The van der Waals surface area contributed by atoms with Crippen molar-refractivity contribution in [2.75, 3.05) is 19.8 Å². The van der Waals surface area contributed by atoms with E-state index in [1.54, 1.807) is 0 Å². The number of hydrogen-bond acceptors (Lipinski definition) is 5. The predicted molar refractivity (Wildman–Crippen MR) is 77.7 cm³/mol. The van der Waals surface area contributed by atoms with Gasteiger partial charge in [-0.1, -0.05) is 0 Å². The molecule has 0 saturated carbocycles. The van der Waals surface area contributed by atoms with E-state index >= 15 is 0 Å². The number of nitrogens with zero attached hydrogens (tertiary/aromatic N) is 2. The minimum Gasteiger partial charge on any atom is -0.476 e. The van der Waals surface area contributed by atoms with Crippen LogP contribution in [0.5, 0.6) is 5.88 Å². The molecular weight excluding hydrogens is 254 g/mol. The molecule has 1 aromatic heterocycles. The lowest BCUT2D eigenvalue weighted by atomic mass is 10.0. The van der Waals surface area contributed by atoms with E-state index in [4.69, 9.17) is 9.47 Å². The maximum absolute atomic E-state index is 5.70. The van der Waals surface area contributed by atoms with Crippen molar-refractivity contribution >= 4 is 0 Å². The van der Waals surface area contributed by atoms with Crippen LogP contribution in [0.1, 0.15) is 39.3 Å². The zero-order chi connectivity index (χ0) is 14.4. The van der Waals surface area contributed by atoms with Crippen LogP contribution in [0.3, 0.4) is 0 Å². The first-order valence-corrected chi connectivity index (χ1v) is 7.31. The average molecular weight is 279 g/mol. The van der Waals surface area contributed by atoms with Crippen LogP contribution in [0.25, 0.3) is 0 Å². The Hall–Kier alpha value is -1.20. The van der Waals surface area contributed by atoms with Gasteiger partial charge >= 0.3 is 0 Å². The van der Waals surface area contributed by atoms with Gasteiger partial charge in [-0.25, -0.2) is 0 Å². The van der Waals surface area contributed by atoms with Crippen molar-refractivity contribution in [3.63, 3.8) is 0 Å². The predicted octanol–water partition coefficient (Wildman–Crippen LogP) is 2.17. The highest BCUT2D eigenvalue weighted by molar-refractivity contribution is 5.11. The lowest BCUT2D eigenvalue weighted by Gasteiger charge is -2.21. The third kappa shape index (κ3) is 5.43. The van der Waals surface area contributed by atoms with Gasteiger partial charge in [-0.2, -0.15) is 5.10 Å². The molecule has 5 nitrogen and oxygen atoms in total. The maximum Gasteiger partial charge on any atom is 0.233 e. The zero-order valence-electron chi connectivity index (χ0n) is 12.7. The highest BCUT2D eigenvalue weighted by Gasteiger charge is 2.15. The minimum absolute atomic E-state index is 0.0832. The van der Waals surface area contributed by atoms with E-state index in [0.29, 0.717) is 18.4 Å². The molecule has 112 valence electrons. The molecule has 0 radical (unpaired) electrons. The molecule has 0 aromatic carbocycles. The van der Waals surface area contributed by atoms with E-state index in [9.17, 15) is 0 Å². The highest BCUT2D eigenvalue weighted by Crippen LogP contribution is 2.16. The number of rotatable bonds is 5. The monoisotopic (exact) mass is 279 g/mol. The van der Waals surface area contributed by atoms with Gasteiger partial charge in [0.15, 0.2) is 0 Å². The van der Waals surface area contributed by atoms with Gasteiger partial charge < -0.3 is 14.8 Å². The number of ether oxygens (including phenoxy) is 2. The summed E-state index contributed by atoms with van der Waals surface area (Å²) in [6.07, 6.45) is 2.14. The number of hydrogen-bond donors (Lipinski definition) is 1. The third-order valence-electron chi connectivity index (χ3n) is 3.30. The molecule has 0 atom stereocenters. The van der Waals surface area contributed by atoms with E-state index in [-0.39, 0.29) is 5.54 Å². The van der Waals surface area contributed by atoms with Crippen molar-refractivity contribution in [3.05, 3.63) is 17.8 Å². The fourth-order valence-electron chi connectivity index (χ4n) is 1.99. The lowest BCUT2D eigenvalue weighted by molar-refractivity contribution is 0.0489. The fourth-order valence-corrected chi connectivity index (χ4v) is 1.99. The van der Waals surface area contributed by atoms with Gasteiger partial charge in [0.2, 0.25) is 5.88 Å². The molecule has 1 aliphatic heterocycles. The SMILES string of the molecule is CC(C)(C)NCc1ccc(OCC2CCOCC2)nn1. The van der Waals surface area contributed by atoms with Crippen molar-refractivity contribution < 1.29 is 9.47 Å². The van der Waals surface area contributed by atoms with E-state index in [1.165, 1.54) is 0 Å². The van der Waals surface area contributed by atoms with Gasteiger partial charge in [-0.15, -0.1) is 5.10 Å². The van der Waals surface area contributed by atoms with Crippen LogP contribution in [0.2, 0.25) is 0 Å². The summed E-state index contributed by atoms with van der Waals surface area (Å²) in [7, 11) is 0. The Morgan fingerprint density at radius 3 is 2.60 bits per heavy atom. The van der Waals surface area contributed by atoms with Gasteiger partial charge in [0.25, 0.3) is 0 Å². The van der Waals surface area contributed by atoms with Crippen molar-refractivity contribution in [3.8, 4) is 5.88 Å². The lowest BCUT2D eigenvalue weighted by Crippen LogP contribution is -2.35. The largest absolute Gasteiger partial charge is 0.476 e. The van der Waals surface area contributed by atoms with Gasteiger partial charge in [0.1, 0.15) is 0 Å². The smallest absolute Gasteiger partial charge is 0.233 e. The molecule has 0 aliphatic carbocycles. The molecule has 20 heavy (non-hydrogen) atoms. The van der Waals surface area contributed by atoms with Crippen LogP contribution in [0.15, 0.2) is 12.1 Å². The Bertz CT molecular complexity index is 395. The van der Waals surface area contributed by atoms with Crippen LogP contribution in [0, 0.1) is 5.92 Å². The maximum atomic E-state index is 5.70. The summed E-state index contributed by atoms with van der Waals surface area (Å²) in [5, 5.41) is 11.7. The Balaban J connectivity index is 1.76. The molecule has 1 aromatic rings. The van der Waals surface area contributed by atoms with Crippen molar-refractivity contribution in [2.45, 2.75) is 45.7 Å². The second kappa shape index (κ2) is 6.99. The summed E-state index contributed by atoms with van der Waals surface area (Å²) in [4.78, 5) is 0. The number of nitrogens with one attached hydrogen (secondary N) is 1. The van der Waals surface area contributed by atoms with Gasteiger partial charge in [-0.3, -0.25) is 0 Å². The molecule has 0 bridgehead atoms. The molecule has 2 heterocycles. The zero-order valence-corrected chi connectivity index (χ0v) is 12.7. The van der Waals surface area contributed by atoms with E-state index in [2.05, 4.69) is 36.3 Å². The molecule has 1 aliphatic rings. The van der Waals surface area contributed by atoms with E-state index in [0.717, 1.165) is 38.3 Å². The Labute approximate surface area is 121 Å². The molecule has 0 spiro atoms. The first-order valence-electron chi connectivity index (χ1n) is 7.31.